The summed E-state index contributed by atoms with van der Waals surface area (Å²) in [6, 6.07) is 12.3. The maximum absolute atomic E-state index is 12.3. The Morgan fingerprint density at radius 2 is 1.94 bits per heavy atom. The fraction of sp³-hybridized carbons (Fsp3) is 0.318. The van der Waals surface area contributed by atoms with Gasteiger partial charge in [-0.3, -0.25) is 9.59 Å². The predicted molar refractivity (Wildman–Crippen MR) is 114 cm³/mol. The Hall–Kier alpha value is -3.75. The highest BCUT2D eigenvalue weighted by molar-refractivity contribution is 5.85. The maximum atomic E-state index is 12.3. The van der Waals surface area contributed by atoms with Crippen LogP contribution in [0.4, 0.5) is 0 Å². The minimum atomic E-state index is -0.795. The fourth-order valence-electron chi connectivity index (χ4n) is 2.65. The van der Waals surface area contributed by atoms with Gasteiger partial charge in [0.05, 0.1) is 12.8 Å². The first-order valence-corrected chi connectivity index (χ1v) is 9.79. The monoisotopic (exact) mass is 427 g/mol. The molecule has 1 aliphatic rings. The number of nitrogens with zero attached hydrogens (tertiary/aromatic N) is 2. The normalized spacial score (nSPS) is 14.7. The van der Waals surface area contributed by atoms with Crippen LogP contribution in [-0.4, -0.2) is 62.9 Å². The molecule has 9 nitrogen and oxygen atoms in total. The summed E-state index contributed by atoms with van der Waals surface area (Å²) in [6.45, 7) is 2.28. The zero-order valence-electron chi connectivity index (χ0n) is 17.7. The van der Waals surface area contributed by atoms with Crippen molar-refractivity contribution in [3.05, 3.63) is 48.0 Å². The summed E-state index contributed by atoms with van der Waals surface area (Å²) in [4.78, 5) is 25.5. The van der Waals surface area contributed by atoms with Crippen LogP contribution in [0, 0.1) is 0 Å². The number of rotatable bonds is 8. The molecule has 1 heterocycles. The Morgan fingerprint density at radius 3 is 2.68 bits per heavy atom. The van der Waals surface area contributed by atoms with E-state index >= 15 is 0 Å². The molecule has 9 heteroatoms. The lowest BCUT2D eigenvalue weighted by Gasteiger charge is -2.24. The Labute approximate surface area is 180 Å². The van der Waals surface area contributed by atoms with Gasteiger partial charge in [-0.05, 0) is 42.8 Å². The summed E-state index contributed by atoms with van der Waals surface area (Å²) >= 11 is 0. The molecule has 0 bridgehead atoms. The summed E-state index contributed by atoms with van der Waals surface area (Å²) in [6.07, 6.45) is 0.684. The zero-order chi connectivity index (χ0) is 22.2. The first-order chi connectivity index (χ1) is 15.0. The van der Waals surface area contributed by atoms with Gasteiger partial charge in [-0.1, -0.05) is 12.1 Å². The van der Waals surface area contributed by atoms with Gasteiger partial charge in [0.2, 0.25) is 6.10 Å². The molecular formula is C22H25N3O6. The molecule has 1 unspecified atom stereocenters. The van der Waals surface area contributed by atoms with Crippen molar-refractivity contribution in [3.8, 4) is 23.0 Å². The summed E-state index contributed by atoms with van der Waals surface area (Å²) in [7, 11) is 3.32. The Morgan fingerprint density at radius 1 is 1.16 bits per heavy atom. The SMILES string of the molecule is CCOc1cc(C=NNC(=O)C2COc3ccccc3O2)ccc1OCC(=O)N(C)C. The van der Waals surface area contributed by atoms with Gasteiger partial charge < -0.3 is 23.8 Å². The third kappa shape index (κ3) is 5.88. The van der Waals surface area contributed by atoms with Gasteiger partial charge >= 0.3 is 0 Å². The molecule has 0 saturated carbocycles. The second-order valence-electron chi connectivity index (χ2n) is 6.81. The van der Waals surface area contributed by atoms with Gasteiger partial charge in [0.25, 0.3) is 11.8 Å². The molecular weight excluding hydrogens is 402 g/mol. The molecule has 0 aliphatic carbocycles. The van der Waals surface area contributed by atoms with E-state index in [9.17, 15) is 9.59 Å². The van der Waals surface area contributed by atoms with Crippen LogP contribution in [-0.2, 0) is 9.59 Å². The van der Waals surface area contributed by atoms with Crippen molar-refractivity contribution in [2.45, 2.75) is 13.0 Å². The molecule has 2 aromatic rings. The number of hydrazone groups is 1. The minimum absolute atomic E-state index is 0.0941. The van der Waals surface area contributed by atoms with Gasteiger partial charge in [0, 0.05) is 14.1 Å². The molecule has 31 heavy (non-hydrogen) atoms. The molecule has 1 atom stereocenters. The van der Waals surface area contributed by atoms with Crippen molar-refractivity contribution in [3.63, 3.8) is 0 Å². The third-order valence-electron chi connectivity index (χ3n) is 4.31. The zero-order valence-corrected chi connectivity index (χ0v) is 17.7. The van der Waals surface area contributed by atoms with Gasteiger partial charge in [0.1, 0.15) is 6.61 Å². The number of ether oxygens (including phenoxy) is 4. The van der Waals surface area contributed by atoms with Crippen molar-refractivity contribution >= 4 is 18.0 Å². The molecule has 2 aromatic carbocycles. The van der Waals surface area contributed by atoms with E-state index in [1.54, 1.807) is 50.5 Å². The fourth-order valence-corrected chi connectivity index (χ4v) is 2.65. The average molecular weight is 427 g/mol. The number of likely N-dealkylation sites (N-methyl/N-ethyl adjacent to an activating group) is 1. The molecule has 0 radical (unpaired) electrons. The lowest BCUT2D eigenvalue weighted by Crippen LogP contribution is -2.42. The number of hydrogen-bond acceptors (Lipinski definition) is 7. The molecule has 0 fully saturated rings. The van der Waals surface area contributed by atoms with Gasteiger partial charge in [0.15, 0.2) is 29.6 Å². The molecule has 3 rings (SSSR count). The van der Waals surface area contributed by atoms with E-state index in [1.165, 1.54) is 11.1 Å². The number of carbonyl (C=O) groups excluding carboxylic acids is 2. The highest BCUT2D eigenvalue weighted by Crippen LogP contribution is 2.31. The van der Waals surface area contributed by atoms with Crippen molar-refractivity contribution in [2.24, 2.45) is 5.10 Å². The summed E-state index contributed by atoms with van der Waals surface area (Å²) in [5, 5.41) is 3.98. The number of nitrogens with one attached hydrogen (secondary N) is 1. The number of carbonyl (C=O) groups is 2. The first-order valence-electron chi connectivity index (χ1n) is 9.79. The minimum Gasteiger partial charge on any atom is -0.490 e. The molecule has 1 aliphatic heterocycles. The summed E-state index contributed by atoms with van der Waals surface area (Å²) in [5.41, 5.74) is 3.14. The van der Waals surface area contributed by atoms with Crippen LogP contribution in [0.5, 0.6) is 23.0 Å². The van der Waals surface area contributed by atoms with Crippen molar-refractivity contribution in [1.29, 1.82) is 0 Å². The number of hydrogen-bond donors (Lipinski definition) is 1. The van der Waals surface area contributed by atoms with Gasteiger partial charge in [-0.25, -0.2) is 5.43 Å². The Kier molecular flexibility index (Phi) is 7.31. The van der Waals surface area contributed by atoms with Crippen LogP contribution in [0.15, 0.2) is 47.6 Å². The first kappa shape index (κ1) is 21.9. The molecule has 1 N–H and O–H groups in total. The smallest absolute Gasteiger partial charge is 0.284 e. The topological polar surface area (TPSA) is 98.7 Å². The summed E-state index contributed by atoms with van der Waals surface area (Å²) in [5.74, 6) is 1.47. The molecule has 0 spiro atoms. The van der Waals surface area contributed by atoms with Crippen LogP contribution in [0.3, 0.4) is 0 Å². The second-order valence-corrected chi connectivity index (χ2v) is 6.81. The van der Waals surface area contributed by atoms with E-state index in [0.29, 0.717) is 35.2 Å². The van der Waals surface area contributed by atoms with Gasteiger partial charge in [-0.15, -0.1) is 0 Å². The Bertz CT molecular complexity index is 960. The lowest BCUT2D eigenvalue weighted by atomic mass is 10.2. The molecule has 164 valence electrons. The van der Waals surface area contributed by atoms with Crippen molar-refractivity contribution in [2.75, 3.05) is 33.9 Å². The standard InChI is InChI=1S/C22H25N3O6/c1-4-28-19-11-15(9-10-17(19)30-14-21(26)25(2)3)12-23-24-22(27)20-13-29-16-7-5-6-8-18(16)31-20/h5-12,20H,4,13-14H2,1-3H3,(H,24,27). The highest BCUT2D eigenvalue weighted by Gasteiger charge is 2.27. The van der Waals surface area contributed by atoms with Crippen molar-refractivity contribution in [1.82, 2.24) is 10.3 Å². The highest BCUT2D eigenvalue weighted by atomic mass is 16.6. The van der Waals surface area contributed by atoms with Crippen LogP contribution in [0.1, 0.15) is 12.5 Å². The van der Waals surface area contributed by atoms with E-state index in [-0.39, 0.29) is 19.1 Å². The summed E-state index contributed by atoms with van der Waals surface area (Å²) < 4.78 is 22.3. The van der Waals surface area contributed by atoms with E-state index < -0.39 is 12.0 Å². The number of benzene rings is 2. The van der Waals surface area contributed by atoms with Gasteiger partial charge in [-0.2, -0.15) is 5.10 Å². The van der Waals surface area contributed by atoms with E-state index in [0.717, 1.165) is 0 Å². The third-order valence-corrected chi connectivity index (χ3v) is 4.31. The van der Waals surface area contributed by atoms with Crippen LogP contribution < -0.4 is 24.4 Å². The molecule has 0 aromatic heterocycles. The Balaban J connectivity index is 1.59. The number of amides is 2. The lowest BCUT2D eigenvalue weighted by molar-refractivity contribution is -0.131. The quantitative estimate of drug-likeness (QED) is 0.510. The number of fused-ring (bicyclic) bond motifs is 1. The molecule has 2 amide bonds. The van der Waals surface area contributed by atoms with Crippen LogP contribution in [0.2, 0.25) is 0 Å². The average Bonchev–Trinajstić information content (AvgIpc) is 2.78. The number of para-hydroxylation sites is 2. The molecule has 0 saturated heterocycles. The van der Waals surface area contributed by atoms with Crippen LogP contribution in [0.25, 0.3) is 0 Å². The van der Waals surface area contributed by atoms with E-state index in [2.05, 4.69) is 10.5 Å². The largest absolute Gasteiger partial charge is 0.490 e. The van der Waals surface area contributed by atoms with Crippen LogP contribution >= 0.6 is 0 Å². The van der Waals surface area contributed by atoms with E-state index in [1.807, 2.05) is 13.0 Å². The van der Waals surface area contributed by atoms with Crippen molar-refractivity contribution < 1.29 is 28.5 Å². The predicted octanol–water partition coefficient (Wildman–Crippen LogP) is 1.84. The maximum Gasteiger partial charge on any atom is 0.284 e. The second kappa shape index (κ2) is 10.3. The van der Waals surface area contributed by atoms with E-state index in [4.69, 9.17) is 18.9 Å².